The van der Waals surface area contributed by atoms with E-state index < -0.39 is 0 Å². The van der Waals surface area contributed by atoms with Crippen molar-refractivity contribution in [1.29, 1.82) is 0 Å². The first-order valence-corrected chi connectivity index (χ1v) is 7.43. The highest BCUT2D eigenvalue weighted by atomic mass is 35.5. The highest BCUT2D eigenvalue weighted by molar-refractivity contribution is 6.42. The summed E-state index contributed by atoms with van der Waals surface area (Å²) < 4.78 is 0. The van der Waals surface area contributed by atoms with Gasteiger partial charge in [0.2, 0.25) is 5.91 Å². The van der Waals surface area contributed by atoms with Crippen LogP contribution in [0.1, 0.15) is 5.56 Å². The highest BCUT2D eigenvalue weighted by Crippen LogP contribution is 2.26. The van der Waals surface area contributed by atoms with Crippen LogP contribution in [0.3, 0.4) is 0 Å². The first kappa shape index (κ1) is 15.4. The zero-order valence-electron chi connectivity index (χ0n) is 11.7. The van der Waals surface area contributed by atoms with Crippen molar-refractivity contribution in [3.8, 4) is 0 Å². The molecule has 1 heterocycles. The SMILES string of the molecule is O=C(/C=C\c1cccc(Cl)c1Cl)Nc1ccc2[nH]c(=O)[nH]c2c1. The van der Waals surface area contributed by atoms with Crippen molar-refractivity contribution in [2.75, 3.05) is 5.32 Å². The normalized spacial score (nSPS) is 11.2. The van der Waals surface area contributed by atoms with Gasteiger partial charge in [-0.2, -0.15) is 0 Å². The van der Waals surface area contributed by atoms with Crippen molar-refractivity contribution >= 4 is 51.9 Å². The summed E-state index contributed by atoms with van der Waals surface area (Å²) in [6, 6.07) is 10.3. The standard InChI is InChI=1S/C16H11Cl2N3O2/c17-11-3-1-2-9(15(11)18)4-7-14(22)19-10-5-6-12-13(8-10)21-16(23)20-12/h1-8H,(H,19,22)(H2,20,21,23)/b7-4-. The van der Waals surface area contributed by atoms with Gasteiger partial charge in [0, 0.05) is 11.8 Å². The van der Waals surface area contributed by atoms with E-state index in [1.54, 1.807) is 42.5 Å². The van der Waals surface area contributed by atoms with Gasteiger partial charge in [-0.3, -0.25) is 4.79 Å². The number of carbonyl (C=O) groups is 1. The Balaban J connectivity index is 1.76. The molecule has 0 unspecified atom stereocenters. The molecular formula is C16H11Cl2N3O2. The van der Waals surface area contributed by atoms with E-state index in [1.807, 2.05) is 0 Å². The molecule has 0 radical (unpaired) electrons. The summed E-state index contributed by atoms with van der Waals surface area (Å²) >= 11 is 12.0. The average Bonchev–Trinajstić information content (AvgIpc) is 2.88. The Morgan fingerprint density at radius 3 is 2.70 bits per heavy atom. The lowest BCUT2D eigenvalue weighted by atomic mass is 10.2. The molecule has 0 aliphatic heterocycles. The Morgan fingerprint density at radius 1 is 1.09 bits per heavy atom. The molecule has 1 aromatic heterocycles. The Morgan fingerprint density at radius 2 is 1.87 bits per heavy atom. The third-order valence-electron chi connectivity index (χ3n) is 3.18. The molecular weight excluding hydrogens is 337 g/mol. The predicted octanol–water partition coefficient (Wildman–Crippen LogP) is 3.81. The maximum Gasteiger partial charge on any atom is 0.323 e. The lowest BCUT2D eigenvalue weighted by Crippen LogP contribution is -2.07. The molecule has 3 rings (SSSR count). The zero-order valence-corrected chi connectivity index (χ0v) is 13.2. The van der Waals surface area contributed by atoms with E-state index >= 15 is 0 Å². The summed E-state index contributed by atoms with van der Waals surface area (Å²) in [5.74, 6) is -0.321. The molecule has 0 bridgehead atoms. The quantitative estimate of drug-likeness (QED) is 0.630. The molecule has 3 aromatic rings. The molecule has 7 heteroatoms. The van der Waals surface area contributed by atoms with Crippen molar-refractivity contribution < 1.29 is 4.79 Å². The van der Waals surface area contributed by atoms with E-state index in [2.05, 4.69) is 15.3 Å². The molecule has 0 aliphatic carbocycles. The van der Waals surface area contributed by atoms with E-state index in [-0.39, 0.29) is 11.6 Å². The summed E-state index contributed by atoms with van der Waals surface area (Å²) in [7, 11) is 0. The number of imidazole rings is 1. The number of benzene rings is 2. The fraction of sp³-hybridized carbons (Fsp3) is 0. The molecule has 0 saturated heterocycles. The largest absolute Gasteiger partial charge is 0.323 e. The number of carbonyl (C=O) groups excluding carboxylic acids is 1. The number of halogens is 2. The van der Waals surface area contributed by atoms with E-state index in [9.17, 15) is 9.59 Å². The van der Waals surface area contributed by atoms with Gasteiger partial charge in [-0.1, -0.05) is 35.3 Å². The number of aromatic amines is 2. The predicted molar refractivity (Wildman–Crippen MR) is 93.0 cm³/mol. The molecule has 2 aromatic carbocycles. The van der Waals surface area contributed by atoms with Gasteiger partial charge >= 0.3 is 5.69 Å². The van der Waals surface area contributed by atoms with Gasteiger partial charge in [0.1, 0.15) is 0 Å². The third-order valence-corrected chi connectivity index (χ3v) is 4.01. The fourth-order valence-electron chi connectivity index (χ4n) is 2.11. The van der Waals surface area contributed by atoms with Crippen LogP contribution in [0.25, 0.3) is 17.1 Å². The summed E-state index contributed by atoms with van der Waals surface area (Å²) in [6.45, 7) is 0. The fourth-order valence-corrected chi connectivity index (χ4v) is 2.48. The second kappa shape index (κ2) is 6.32. The van der Waals surface area contributed by atoms with Crippen LogP contribution in [0, 0.1) is 0 Å². The zero-order chi connectivity index (χ0) is 16.4. The maximum atomic E-state index is 12.0. The number of fused-ring (bicyclic) bond motifs is 1. The number of H-pyrrole nitrogens is 2. The van der Waals surface area contributed by atoms with Gasteiger partial charge in [0.15, 0.2) is 0 Å². The van der Waals surface area contributed by atoms with Crippen LogP contribution in [0.2, 0.25) is 10.0 Å². The van der Waals surface area contributed by atoms with Crippen LogP contribution in [-0.2, 0) is 4.79 Å². The number of anilines is 1. The topological polar surface area (TPSA) is 77.8 Å². The smallest absolute Gasteiger partial charge is 0.322 e. The molecule has 5 nitrogen and oxygen atoms in total. The minimum absolute atomic E-state index is 0.293. The van der Waals surface area contributed by atoms with Crippen molar-refractivity contribution in [1.82, 2.24) is 9.97 Å². The van der Waals surface area contributed by atoms with Crippen molar-refractivity contribution in [2.45, 2.75) is 0 Å². The van der Waals surface area contributed by atoms with E-state index in [1.165, 1.54) is 6.08 Å². The second-order valence-corrected chi connectivity index (χ2v) is 5.59. The molecule has 0 spiro atoms. The lowest BCUT2D eigenvalue weighted by Gasteiger charge is -2.03. The first-order valence-electron chi connectivity index (χ1n) is 6.68. The third kappa shape index (κ3) is 3.47. The van der Waals surface area contributed by atoms with Crippen LogP contribution in [0.15, 0.2) is 47.3 Å². The number of aromatic nitrogens is 2. The Hall–Kier alpha value is -2.50. The molecule has 23 heavy (non-hydrogen) atoms. The first-order chi connectivity index (χ1) is 11.0. The van der Waals surface area contributed by atoms with Crippen molar-refractivity contribution in [3.05, 3.63) is 68.6 Å². The average molecular weight is 348 g/mol. The van der Waals surface area contributed by atoms with Crippen LogP contribution < -0.4 is 11.0 Å². The molecule has 0 saturated carbocycles. The summed E-state index contributed by atoms with van der Waals surface area (Å²) in [5.41, 5.74) is 2.22. The monoisotopic (exact) mass is 347 g/mol. The van der Waals surface area contributed by atoms with Crippen molar-refractivity contribution in [3.63, 3.8) is 0 Å². The molecule has 1 amide bonds. The minimum Gasteiger partial charge on any atom is -0.322 e. The van der Waals surface area contributed by atoms with E-state index in [4.69, 9.17) is 23.2 Å². The number of rotatable bonds is 3. The number of amides is 1. The summed E-state index contributed by atoms with van der Waals surface area (Å²) in [4.78, 5) is 28.4. The van der Waals surface area contributed by atoms with Gasteiger partial charge in [-0.15, -0.1) is 0 Å². The Kier molecular flexibility index (Phi) is 4.23. The maximum absolute atomic E-state index is 12.0. The summed E-state index contributed by atoms with van der Waals surface area (Å²) in [5, 5.41) is 3.53. The highest BCUT2D eigenvalue weighted by Gasteiger charge is 2.04. The van der Waals surface area contributed by atoms with Gasteiger partial charge in [-0.05, 0) is 35.9 Å². The number of hydrogen-bond acceptors (Lipinski definition) is 2. The number of nitrogens with one attached hydrogen (secondary N) is 3. The molecule has 0 aliphatic rings. The molecule has 116 valence electrons. The molecule has 0 fully saturated rings. The van der Waals surface area contributed by atoms with Gasteiger partial charge in [0.25, 0.3) is 0 Å². The minimum atomic E-state index is -0.321. The molecule has 0 atom stereocenters. The Labute approximate surface area is 140 Å². The van der Waals surface area contributed by atoms with E-state index in [0.717, 1.165) is 0 Å². The van der Waals surface area contributed by atoms with E-state index in [0.29, 0.717) is 32.3 Å². The number of hydrogen-bond donors (Lipinski definition) is 3. The van der Waals surface area contributed by atoms with Gasteiger partial charge < -0.3 is 15.3 Å². The van der Waals surface area contributed by atoms with Crippen LogP contribution in [-0.4, -0.2) is 15.9 Å². The second-order valence-electron chi connectivity index (χ2n) is 4.81. The lowest BCUT2D eigenvalue weighted by molar-refractivity contribution is -0.111. The van der Waals surface area contributed by atoms with Crippen LogP contribution >= 0.6 is 23.2 Å². The van der Waals surface area contributed by atoms with Crippen LogP contribution in [0.5, 0.6) is 0 Å². The molecule has 3 N–H and O–H groups in total. The van der Waals surface area contributed by atoms with Gasteiger partial charge in [-0.25, -0.2) is 4.79 Å². The van der Waals surface area contributed by atoms with Crippen molar-refractivity contribution in [2.24, 2.45) is 0 Å². The van der Waals surface area contributed by atoms with Gasteiger partial charge in [0.05, 0.1) is 21.1 Å². The summed E-state index contributed by atoms with van der Waals surface area (Å²) in [6.07, 6.45) is 2.95. The van der Waals surface area contributed by atoms with Crippen LogP contribution in [0.4, 0.5) is 5.69 Å². The Bertz CT molecular complexity index is 973.